The number of carbonyl (C=O) groups is 15. The number of unbranched alkanes of at least 4 members (excludes halogenated alkanes) is 3. The second kappa shape index (κ2) is 61.6. The normalized spacial score (nSPS) is 20.5. The first-order valence-corrected chi connectivity index (χ1v) is 49.1. The van der Waals surface area contributed by atoms with E-state index in [-0.39, 0.29) is 211 Å². The van der Waals surface area contributed by atoms with Gasteiger partial charge in [-0.15, -0.1) is 0 Å². The average molecular weight is 2000 g/mol. The molecular weight excluding hydrogens is 1860 g/mol. The van der Waals surface area contributed by atoms with E-state index in [1.807, 2.05) is 0 Å². The van der Waals surface area contributed by atoms with Crippen LogP contribution < -0.4 is 142 Å². The molecule has 0 aliphatic carbocycles. The second-order valence-electron chi connectivity index (χ2n) is 34.0. The molecule has 0 radical (unpaired) electrons. The number of benzene rings is 3. The monoisotopic (exact) mass is 2000 g/mol. The fourth-order valence-electron chi connectivity index (χ4n) is 15.4. The largest absolute Gasteiger partial charge is 0.508 e. The Labute approximate surface area is 818 Å². The first-order chi connectivity index (χ1) is 66.9. The number of para-hydroxylation sites is 1. The fourth-order valence-corrected chi connectivity index (χ4v) is 17.7. The third-order valence-corrected chi connectivity index (χ3v) is 25.3. The lowest BCUT2D eigenvalue weighted by Crippen LogP contribution is -2.61. The van der Waals surface area contributed by atoms with Crippen molar-refractivity contribution in [1.29, 1.82) is 21.6 Å². The zero-order chi connectivity index (χ0) is 103. The number of phenols is 2. The number of phenolic OH excluding ortho intramolecular Hbond substituents is 2. The van der Waals surface area contributed by atoms with Crippen molar-refractivity contribution >= 4 is 145 Å². The van der Waals surface area contributed by atoms with E-state index in [1.54, 1.807) is 30.5 Å². The fraction of sp³-hybridized carbons (Fsp3) is 0.557. The van der Waals surface area contributed by atoms with Crippen LogP contribution in [0.2, 0.25) is 0 Å². The van der Waals surface area contributed by atoms with Crippen LogP contribution in [-0.4, -0.2) is 293 Å². The lowest BCUT2D eigenvalue weighted by molar-refractivity contribution is -0.142. The number of H-pyrrole nitrogens is 1. The van der Waals surface area contributed by atoms with Gasteiger partial charge in [-0.25, -0.2) is 9.59 Å². The molecular formula is C88H140N32O18S2. The van der Waals surface area contributed by atoms with Crippen LogP contribution in [0.1, 0.15) is 152 Å². The number of fused-ring (bicyclic) bond motifs is 2. The summed E-state index contributed by atoms with van der Waals surface area (Å²) in [4.78, 5) is 228. The van der Waals surface area contributed by atoms with Crippen LogP contribution in [-0.2, 0) is 86.4 Å². The Balaban J connectivity index is 1.60. The van der Waals surface area contributed by atoms with E-state index in [0.717, 1.165) is 21.6 Å². The minimum absolute atomic E-state index is 0.00139. The number of hydrogen-bond acceptors (Lipinski definition) is 27. The Kier molecular flexibility index (Phi) is 50.6. The summed E-state index contributed by atoms with van der Waals surface area (Å²) in [6.07, 6.45) is 1.08. The molecule has 15 amide bonds. The predicted octanol–water partition coefficient (Wildman–Crippen LogP) is -5.89. The van der Waals surface area contributed by atoms with E-state index in [9.17, 15) is 29.7 Å². The van der Waals surface area contributed by atoms with Crippen LogP contribution in [0.3, 0.4) is 0 Å². The van der Waals surface area contributed by atoms with Crippen LogP contribution in [0.5, 0.6) is 11.5 Å². The van der Waals surface area contributed by atoms with E-state index in [4.69, 9.17) is 73.2 Å². The second-order valence-corrected chi connectivity index (χ2v) is 36.5. The number of rotatable bonds is 47. The zero-order valence-electron chi connectivity index (χ0n) is 78.3. The van der Waals surface area contributed by atoms with Gasteiger partial charge < -0.3 is 167 Å². The van der Waals surface area contributed by atoms with E-state index in [2.05, 4.69) is 95.4 Å². The molecule has 2 aliphatic rings. The van der Waals surface area contributed by atoms with Crippen molar-refractivity contribution < 1.29 is 87.2 Å². The Hall–Kier alpha value is -13.7. The molecule has 140 heavy (non-hydrogen) atoms. The van der Waals surface area contributed by atoms with Crippen molar-refractivity contribution in [2.45, 2.75) is 239 Å². The number of guanidine groups is 4. The SMILES string of the molecule is N=C(N)NCCC[C@H](NC(=O)[C@@H]1CSSC[C@H](NC(=O)[C@H](Cc2c[nH]c3ccccc23)NC(=O)[C@H](CCCNC(=N)N)NC(=O)[C@@H](N)CCCNC(N)=O)C(=O)N[C@@H](Cc2ccc(O)cc2)C(=O)N[C@@H](CCCNC(=N)N)C(=O)N[C@@H](CCCCN)C(=O)N[C@H](CCCCN)C(=O)N2CCC[C@H]2C(=O)N[C@@H](Cc2ccc(O)cc2)C(=O)N[C@@H](CCCNC(=N)N)C(=O)N[C@@H](CCCCN)C(=O)N1)C(=O)O. The molecule has 1 aromatic heterocycles. The van der Waals surface area contributed by atoms with E-state index >= 15 is 57.5 Å². The van der Waals surface area contributed by atoms with Crippen molar-refractivity contribution in [2.24, 2.45) is 51.6 Å². The van der Waals surface area contributed by atoms with Gasteiger partial charge in [0, 0.05) is 87.1 Å². The first-order valence-electron chi connectivity index (χ1n) is 46.6. The highest BCUT2D eigenvalue weighted by molar-refractivity contribution is 8.76. The number of urea groups is 1. The number of nitrogens with one attached hydrogen (secondary N) is 22. The first kappa shape index (κ1) is 115. The molecule has 50 nitrogen and oxygen atoms in total. The van der Waals surface area contributed by atoms with Crippen molar-refractivity contribution in [1.82, 2.24) is 100 Å². The Morgan fingerprint density at radius 1 is 0.443 bits per heavy atom. The number of carbonyl (C=O) groups excluding carboxylic acids is 14. The topological polar surface area (TPSA) is 870 Å². The van der Waals surface area contributed by atoms with Crippen LogP contribution >= 0.6 is 21.6 Å². The van der Waals surface area contributed by atoms with Crippen LogP contribution in [0.4, 0.5) is 4.79 Å². The summed E-state index contributed by atoms with van der Waals surface area (Å²) in [5.41, 5.74) is 53.7. The highest BCUT2D eigenvalue weighted by Gasteiger charge is 2.43. The Morgan fingerprint density at radius 2 is 0.857 bits per heavy atom. The van der Waals surface area contributed by atoms with Gasteiger partial charge in [-0.2, -0.15) is 0 Å². The lowest BCUT2D eigenvalue weighted by atomic mass is 10.0. The van der Waals surface area contributed by atoms with Gasteiger partial charge in [-0.05, 0) is 201 Å². The molecule has 52 heteroatoms. The molecule has 0 bridgehead atoms. The third kappa shape index (κ3) is 41.5. The standard InChI is InChI=1S/C88H140N32O18S2/c89-34-6-3-18-57-73(126)113-62(20-5-8-36-91)82(135)120-42-14-25-69(120)81(134)117-65(44-50-28-32-53(122)33-29-50)77(130)112-61(23-12-39-104-86(97)98)72(125)110-58(19-4-7-35-90)75(128)118-67(79(132)114-63(83(136)137)24-13-40-105-87(99)100)47-139-140-48-68(80(133)115-64(43-49-26-30-52(121)31-27-49)76(129)111-60(71(124)109-57)22-11-38-103-85(95)96)119-78(131)66(45-51-46-107-56-17-2-1-15-54(51)56)116-74(127)59(21-10-37-102-84(93)94)108-70(123)55(92)16-9-41-106-88(101)138/h1-2,15,17,26-33,46,55,57-69,107,121-122H,3-14,16,18-25,34-45,47-48,89-92H2,(H,108,123)(H,109,124)(H,110,125)(H,111,129)(H,112,130)(H,113,126)(H,114,132)(H,115,133)(H,116,127)(H,117,134)(H,118,128)(H,119,131)(H,136,137)(H4,93,94,102)(H4,95,96,103)(H4,97,98,104)(H4,99,100,105)(H3,101,106,138)/t55-,57-,58-,59-,60-,61-,62+,63-,64-,65-,66-,67-,68-,69-/m0/s1. The summed E-state index contributed by atoms with van der Waals surface area (Å²) in [6, 6.07) is -5.24. The molecule has 2 aliphatic heterocycles. The maximum absolute atomic E-state index is 16.0. The number of aromatic hydroxyl groups is 2. The van der Waals surface area contributed by atoms with Crippen molar-refractivity contribution in [3.63, 3.8) is 0 Å². The van der Waals surface area contributed by atoms with Crippen LogP contribution in [0.15, 0.2) is 79.0 Å². The summed E-state index contributed by atoms with van der Waals surface area (Å²) in [5.74, 6) is -17.6. The van der Waals surface area contributed by atoms with Crippen LogP contribution in [0, 0.1) is 21.6 Å². The number of carboxylic acids is 1. The van der Waals surface area contributed by atoms with Gasteiger partial charge in [-0.1, -0.05) is 64.1 Å². The quantitative estimate of drug-likeness (QED) is 0.00848. The van der Waals surface area contributed by atoms with Gasteiger partial charge >= 0.3 is 12.0 Å². The summed E-state index contributed by atoms with van der Waals surface area (Å²) >= 11 is 0. The van der Waals surface area contributed by atoms with E-state index in [1.165, 1.54) is 53.4 Å². The molecule has 4 aromatic rings. The Morgan fingerprint density at radius 3 is 1.34 bits per heavy atom. The number of carboxylic acid groups (broad SMARTS) is 1. The molecule has 6 rings (SSSR count). The van der Waals surface area contributed by atoms with Gasteiger partial charge in [0.15, 0.2) is 23.8 Å². The maximum Gasteiger partial charge on any atom is 0.326 e. The lowest BCUT2D eigenvalue weighted by Gasteiger charge is -2.31. The minimum Gasteiger partial charge on any atom is -0.508 e. The number of nitrogens with two attached hydrogens (primary N) is 9. The third-order valence-electron chi connectivity index (χ3n) is 22.9. The molecule has 14 atom stereocenters. The van der Waals surface area contributed by atoms with E-state index < -0.39 is 215 Å². The summed E-state index contributed by atoms with van der Waals surface area (Å²) in [7, 11) is 1.53. The van der Waals surface area contributed by atoms with Gasteiger partial charge in [0.2, 0.25) is 76.8 Å². The Bertz CT molecular complexity index is 4810. The van der Waals surface area contributed by atoms with Gasteiger partial charge in [-0.3, -0.25) is 84.0 Å². The molecule has 772 valence electrons. The minimum atomic E-state index is -1.89. The van der Waals surface area contributed by atoms with E-state index in [0.29, 0.717) is 34.9 Å². The molecule has 2 saturated heterocycles. The molecule has 3 heterocycles. The summed E-state index contributed by atoms with van der Waals surface area (Å²) in [5, 5.41) is 109. The number of aromatic nitrogens is 1. The van der Waals surface area contributed by atoms with Crippen molar-refractivity contribution in [3.05, 3.63) is 95.7 Å². The summed E-state index contributed by atoms with van der Waals surface area (Å²) in [6.45, 7) is 0.254. The number of aliphatic carboxylic acids is 1. The highest BCUT2D eigenvalue weighted by Crippen LogP contribution is 2.27. The molecule has 0 unspecified atom stereocenters. The molecule has 0 spiro atoms. The highest BCUT2D eigenvalue weighted by atomic mass is 33.1. The number of nitrogens with zero attached hydrogens (tertiary/aromatic N) is 1. The smallest absolute Gasteiger partial charge is 0.326 e. The zero-order valence-corrected chi connectivity index (χ0v) is 79.9. The number of primary amides is 1. The molecule has 43 N–H and O–H groups in total. The number of aromatic amines is 1. The molecule has 3 aromatic carbocycles. The average Bonchev–Trinajstić information content (AvgIpc) is 1.66. The van der Waals surface area contributed by atoms with Crippen LogP contribution in [0.25, 0.3) is 10.9 Å². The predicted molar refractivity (Wildman–Crippen MR) is 526 cm³/mol. The summed E-state index contributed by atoms with van der Waals surface area (Å²) < 4.78 is 0. The van der Waals surface area contributed by atoms with Crippen molar-refractivity contribution in [2.75, 3.05) is 70.4 Å². The number of amides is 15. The molecule has 2 fully saturated rings. The van der Waals surface area contributed by atoms with Gasteiger partial charge in [0.25, 0.3) is 0 Å². The maximum atomic E-state index is 16.0. The van der Waals surface area contributed by atoms with Gasteiger partial charge in [0.1, 0.15) is 90.0 Å². The molecule has 0 saturated carbocycles. The number of hydrogen-bond donors (Lipinski definition) is 34. The van der Waals surface area contributed by atoms with Crippen molar-refractivity contribution in [3.8, 4) is 11.5 Å². The van der Waals surface area contributed by atoms with Gasteiger partial charge in [0.05, 0.1) is 6.04 Å².